The Kier molecular flexibility index (Phi) is 6.35. The van der Waals surface area contributed by atoms with Gasteiger partial charge in [0.25, 0.3) is 0 Å². The van der Waals surface area contributed by atoms with Crippen molar-refractivity contribution in [3.63, 3.8) is 0 Å². The molecule has 2 heteroatoms. The molecule has 0 bridgehead atoms. The van der Waals surface area contributed by atoms with Gasteiger partial charge in [-0.1, -0.05) is 29.3 Å². The first-order valence-electron chi connectivity index (χ1n) is 6.22. The van der Waals surface area contributed by atoms with Crippen LogP contribution in [-0.4, -0.2) is 11.5 Å². The number of ketones is 1. The summed E-state index contributed by atoms with van der Waals surface area (Å²) < 4.78 is 0. The lowest BCUT2D eigenvalue weighted by molar-refractivity contribution is -0.117. The van der Waals surface area contributed by atoms with Gasteiger partial charge in [0.15, 0.2) is 0 Å². The number of carbonyl (C=O) groups excluding carboxylic acids is 1. The molecule has 17 heavy (non-hydrogen) atoms. The number of carbonyl (C=O) groups is 1. The Balaban J connectivity index is 2.20. The zero-order valence-electron chi connectivity index (χ0n) is 11.1. The number of thioether (sulfide) groups is 1. The van der Waals surface area contributed by atoms with Crippen molar-refractivity contribution >= 4 is 17.5 Å². The lowest BCUT2D eigenvalue weighted by Gasteiger charge is -2.05. The second-order valence-corrected chi connectivity index (χ2v) is 5.81. The standard InChI is InChI=1S/C15H22OS/c1-12-8-13(2)10-15(9-12)11-17-7-5-4-6-14(3)16/h8-10H,4-7,11H2,1-3H3. The zero-order chi connectivity index (χ0) is 12.7. The molecule has 0 unspecified atom stereocenters. The van der Waals surface area contributed by atoms with E-state index in [1.807, 2.05) is 11.8 Å². The lowest BCUT2D eigenvalue weighted by atomic mass is 10.1. The van der Waals surface area contributed by atoms with Gasteiger partial charge in [-0.3, -0.25) is 0 Å². The van der Waals surface area contributed by atoms with Gasteiger partial charge < -0.3 is 4.79 Å². The van der Waals surface area contributed by atoms with Gasteiger partial charge in [-0.25, -0.2) is 0 Å². The van der Waals surface area contributed by atoms with Crippen LogP contribution in [0.2, 0.25) is 0 Å². The molecule has 0 spiro atoms. The Hall–Kier alpha value is -0.760. The fourth-order valence-electron chi connectivity index (χ4n) is 1.92. The van der Waals surface area contributed by atoms with Crippen LogP contribution >= 0.6 is 11.8 Å². The Morgan fingerprint density at radius 3 is 2.35 bits per heavy atom. The van der Waals surface area contributed by atoms with Crippen molar-refractivity contribution in [1.82, 2.24) is 0 Å². The summed E-state index contributed by atoms with van der Waals surface area (Å²) in [5, 5.41) is 0. The molecule has 94 valence electrons. The van der Waals surface area contributed by atoms with Crippen LogP contribution in [0.4, 0.5) is 0 Å². The second-order valence-electron chi connectivity index (χ2n) is 4.71. The molecule has 1 nitrogen and oxygen atoms in total. The maximum absolute atomic E-state index is 10.8. The number of hydrogen-bond donors (Lipinski definition) is 0. The predicted octanol–water partition coefficient (Wildman–Crippen LogP) is 4.30. The molecule has 0 saturated heterocycles. The minimum absolute atomic E-state index is 0.310. The first kappa shape index (κ1) is 14.3. The average molecular weight is 250 g/mol. The largest absolute Gasteiger partial charge is 0.300 e. The molecule has 0 fully saturated rings. The monoisotopic (exact) mass is 250 g/mol. The molecule has 0 amide bonds. The minimum atomic E-state index is 0.310. The average Bonchev–Trinajstić information content (AvgIpc) is 2.21. The number of benzene rings is 1. The van der Waals surface area contributed by atoms with Gasteiger partial charge in [-0.2, -0.15) is 11.8 Å². The number of unbranched alkanes of at least 4 members (excludes halogenated alkanes) is 1. The van der Waals surface area contributed by atoms with E-state index in [0.29, 0.717) is 5.78 Å². The summed E-state index contributed by atoms with van der Waals surface area (Å²) in [7, 11) is 0. The fourth-order valence-corrected chi connectivity index (χ4v) is 2.88. The lowest BCUT2D eigenvalue weighted by Crippen LogP contribution is -1.91. The van der Waals surface area contributed by atoms with Crippen LogP contribution < -0.4 is 0 Å². The van der Waals surface area contributed by atoms with Crippen LogP contribution in [0, 0.1) is 13.8 Å². The van der Waals surface area contributed by atoms with Crippen LogP contribution in [0.15, 0.2) is 18.2 Å². The highest BCUT2D eigenvalue weighted by molar-refractivity contribution is 7.98. The van der Waals surface area contributed by atoms with E-state index in [0.717, 1.165) is 30.8 Å². The molecule has 0 heterocycles. The third-order valence-corrected chi connectivity index (χ3v) is 3.73. The van der Waals surface area contributed by atoms with Crippen LogP contribution in [0.3, 0.4) is 0 Å². The highest BCUT2D eigenvalue weighted by Gasteiger charge is 1.98. The molecule has 1 aromatic rings. The van der Waals surface area contributed by atoms with E-state index in [4.69, 9.17) is 0 Å². The highest BCUT2D eigenvalue weighted by Crippen LogP contribution is 2.17. The third kappa shape index (κ3) is 6.52. The van der Waals surface area contributed by atoms with Gasteiger partial charge in [0.2, 0.25) is 0 Å². The molecule has 0 saturated carbocycles. The number of aryl methyl sites for hydroxylation is 2. The summed E-state index contributed by atoms with van der Waals surface area (Å²) in [6.45, 7) is 5.96. The van der Waals surface area contributed by atoms with Crippen molar-refractivity contribution in [1.29, 1.82) is 0 Å². The van der Waals surface area contributed by atoms with Crippen molar-refractivity contribution in [2.75, 3.05) is 5.75 Å². The van der Waals surface area contributed by atoms with Crippen molar-refractivity contribution < 1.29 is 4.79 Å². The van der Waals surface area contributed by atoms with Crippen molar-refractivity contribution in [2.24, 2.45) is 0 Å². The summed E-state index contributed by atoms with van der Waals surface area (Å²) in [6, 6.07) is 6.73. The quantitative estimate of drug-likeness (QED) is 0.671. The van der Waals surface area contributed by atoms with Crippen molar-refractivity contribution in [3.05, 3.63) is 34.9 Å². The van der Waals surface area contributed by atoms with Gasteiger partial charge in [-0.05, 0) is 44.9 Å². The van der Waals surface area contributed by atoms with E-state index in [9.17, 15) is 4.79 Å². The van der Waals surface area contributed by atoms with E-state index in [-0.39, 0.29) is 0 Å². The predicted molar refractivity (Wildman–Crippen MR) is 76.6 cm³/mol. The normalized spacial score (nSPS) is 10.5. The molecular formula is C15H22OS. The molecule has 0 aliphatic rings. The van der Waals surface area contributed by atoms with E-state index < -0.39 is 0 Å². The molecule has 0 aliphatic carbocycles. The Morgan fingerprint density at radius 2 is 1.76 bits per heavy atom. The van der Waals surface area contributed by atoms with Gasteiger partial charge in [0, 0.05) is 12.2 Å². The molecule has 1 rings (SSSR count). The van der Waals surface area contributed by atoms with E-state index in [1.54, 1.807) is 6.92 Å². The van der Waals surface area contributed by atoms with Crippen LogP contribution in [0.25, 0.3) is 0 Å². The van der Waals surface area contributed by atoms with Gasteiger partial charge >= 0.3 is 0 Å². The first-order valence-corrected chi connectivity index (χ1v) is 7.38. The molecule has 1 aromatic carbocycles. The summed E-state index contributed by atoms with van der Waals surface area (Å²) in [5.41, 5.74) is 4.11. The summed E-state index contributed by atoms with van der Waals surface area (Å²) in [6.07, 6.45) is 2.92. The van der Waals surface area contributed by atoms with Crippen molar-refractivity contribution in [2.45, 2.75) is 45.8 Å². The third-order valence-electron chi connectivity index (χ3n) is 2.62. The van der Waals surface area contributed by atoms with E-state index in [1.165, 1.54) is 16.7 Å². The highest BCUT2D eigenvalue weighted by atomic mass is 32.2. The van der Waals surface area contributed by atoms with Crippen LogP contribution in [0.1, 0.15) is 42.9 Å². The van der Waals surface area contributed by atoms with Gasteiger partial charge in [0.1, 0.15) is 5.78 Å². The van der Waals surface area contributed by atoms with Crippen molar-refractivity contribution in [3.8, 4) is 0 Å². The molecule has 0 N–H and O–H groups in total. The minimum Gasteiger partial charge on any atom is -0.300 e. The number of hydrogen-bond acceptors (Lipinski definition) is 2. The van der Waals surface area contributed by atoms with E-state index in [2.05, 4.69) is 32.0 Å². The second kappa shape index (κ2) is 7.54. The Bertz CT molecular complexity index is 351. The van der Waals surface area contributed by atoms with Crippen LogP contribution in [-0.2, 0) is 10.5 Å². The Morgan fingerprint density at radius 1 is 1.12 bits per heavy atom. The maximum Gasteiger partial charge on any atom is 0.129 e. The first-order chi connectivity index (χ1) is 8.08. The molecular weight excluding hydrogens is 228 g/mol. The molecule has 0 aliphatic heterocycles. The van der Waals surface area contributed by atoms with E-state index >= 15 is 0 Å². The summed E-state index contributed by atoms with van der Waals surface area (Å²) in [5.74, 6) is 2.55. The van der Waals surface area contributed by atoms with Gasteiger partial charge in [0.05, 0.1) is 0 Å². The Labute approximate surface area is 109 Å². The molecule has 0 radical (unpaired) electrons. The SMILES string of the molecule is CC(=O)CCCCSCc1cc(C)cc(C)c1. The molecule has 0 aromatic heterocycles. The number of Topliss-reactive ketones (excluding diaryl/α,β-unsaturated/α-hetero) is 1. The molecule has 0 atom stereocenters. The summed E-state index contributed by atoms with van der Waals surface area (Å²) >= 11 is 1.96. The maximum atomic E-state index is 10.8. The number of rotatable bonds is 7. The summed E-state index contributed by atoms with van der Waals surface area (Å²) in [4.78, 5) is 10.8. The topological polar surface area (TPSA) is 17.1 Å². The smallest absolute Gasteiger partial charge is 0.129 e. The zero-order valence-corrected chi connectivity index (χ0v) is 11.9. The van der Waals surface area contributed by atoms with Gasteiger partial charge in [-0.15, -0.1) is 0 Å². The van der Waals surface area contributed by atoms with Crippen LogP contribution in [0.5, 0.6) is 0 Å². The fraction of sp³-hybridized carbons (Fsp3) is 0.533.